The molecule has 0 saturated heterocycles. The fraction of sp³-hybridized carbons (Fsp3) is 0.250. The highest BCUT2D eigenvalue weighted by molar-refractivity contribution is 6.30. The fourth-order valence-corrected chi connectivity index (χ4v) is 3.16. The van der Waals surface area contributed by atoms with E-state index >= 15 is 0 Å². The standard InChI is InChI=1S/C20H20ClN3O2/c1-13(19-14(2)23-26-15(19)3)20(25)24(12-17-6-4-5-11-22-17)18-9-7-16(21)8-10-18/h4-11,13H,12H2,1-3H3/t13-/m1/s1. The third-order valence-electron chi connectivity index (χ3n) is 4.34. The summed E-state index contributed by atoms with van der Waals surface area (Å²) in [5.74, 6) is 0.227. The first-order valence-corrected chi connectivity index (χ1v) is 8.74. The van der Waals surface area contributed by atoms with Crippen molar-refractivity contribution in [2.75, 3.05) is 4.90 Å². The van der Waals surface area contributed by atoms with E-state index in [4.69, 9.17) is 16.1 Å². The molecule has 0 aliphatic rings. The average molecular weight is 370 g/mol. The maximum atomic E-state index is 13.3. The van der Waals surface area contributed by atoms with Crippen LogP contribution < -0.4 is 4.90 Å². The first-order valence-electron chi connectivity index (χ1n) is 8.37. The zero-order valence-electron chi connectivity index (χ0n) is 14.9. The molecule has 26 heavy (non-hydrogen) atoms. The molecule has 5 nitrogen and oxygen atoms in total. The molecule has 0 aliphatic heterocycles. The van der Waals surface area contributed by atoms with E-state index in [9.17, 15) is 4.79 Å². The molecule has 0 spiro atoms. The quantitative estimate of drug-likeness (QED) is 0.655. The molecule has 0 bridgehead atoms. The summed E-state index contributed by atoms with van der Waals surface area (Å²) in [7, 11) is 0. The highest BCUT2D eigenvalue weighted by atomic mass is 35.5. The Labute approximate surface area is 157 Å². The van der Waals surface area contributed by atoms with Gasteiger partial charge in [0, 0.05) is 22.5 Å². The van der Waals surface area contributed by atoms with Crippen molar-refractivity contribution in [3.63, 3.8) is 0 Å². The normalized spacial score (nSPS) is 12.0. The molecule has 3 aromatic rings. The summed E-state index contributed by atoms with van der Waals surface area (Å²) in [5, 5.41) is 4.59. The Bertz CT molecular complexity index is 872. The predicted octanol–water partition coefficient (Wildman–Crippen LogP) is 4.68. The van der Waals surface area contributed by atoms with Crippen molar-refractivity contribution in [3.05, 3.63) is 76.4 Å². The van der Waals surface area contributed by atoms with Crippen LogP contribution in [0.3, 0.4) is 0 Å². The Morgan fingerprint density at radius 1 is 1.19 bits per heavy atom. The Morgan fingerprint density at radius 2 is 1.92 bits per heavy atom. The molecular weight excluding hydrogens is 350 g/mol. The minimum atomic E-state index is -0.388. The summed E-state index contributed by atoms with van der Waals surface area (Å²) in [6, 6.07) is 12.9. The largest absolute Gasteiger partial charge is 0.361 e. The second kappa shape index (κ2) is 7.70. The molecule has 0 aliphatic carbocycles. The number of hydrogen-bond donors (Lipinski definition) is 0. The van der Waals surface area contributed by atoms with Gasteiger partial charge < -0.3 is 9.42 Å². The third kappa shape index (κ3) is 3.78. The first-order chi connectivity index (χ1) is 12.5. The lowest BCUT2D eigenvalue weighted by Gasteiger charge is -2.26. The maximum Gasteiger partial charge on any atom is 0.234 e. The zero-order chi connectivity index (χ0) is 18.7. The molecule has 1 aromatic carbocycles. The van der Waals surface area contributed by atoms with Gasteiger partial charge in [0.25, 0.3) is 0 Å². The van der Waals surface area contributed by atoms with Crippen molar-refractivity contribution < 1.29 is 9.32 Å². The van der Waals surface area contributed by atoms with Gasteiger partial charge in [-0.15, -0.1) is 0 Å². The number of hydrogen-bond acceptors (Lipinski definition) is 4. The molecule has 0 radical (unpaired) electrons. The monoisotopic (exact) mass is 369 g/mol. The van der Waals surface area contributed by atoms with Crippen LogP contribution in [0.2, 0.25) is 5.02 Å². The summed E-state index contributed by atoms with van der Waals surface area (Å²) in [4.78, 5) is 19.4. The van der Waals surface area contributed by atoms with E-state index in [2.05, 4.69) is 10.1 Å². The number of anilines is 1. The van der Waals surface area contributed by atoms with E-state index in [-0.39, 0.29) is 11.8 Å². The van der Waals surface area contributed by atoms with E-state index in [0.29, 0.717) is 17.3 Å². The van der Waals surface area contributed by atoms with Gasteiger partial charge in [-0.25, -0.2) is 0 Å². The van der Waals surface area contributed by atoms with Crippen LogP contribution in [0, 0.1) is 13.8 Å². The van der Waals surface area contributed by atoms with Crippen molar-refractivity contribution in [2.24, 2.45) is 0 Å². The topological polar surface area (TPSA) is 59.2 Å². The molecule has 3 rings (SSSR count). The van der Waals surface area contributed by atoms with Crippen molar-refractivity contribution in [3.8, 4) is 0 Å². The van der Waals surface area contributed by atoms with Gasteiger partial charge in [0.15, 0.2) is 0 Å². The molecule has 1 amide bonds. The van der Waals surface area contributed by atoms with E-state index in [1.165, 1.54) is 0 Å². The van der Waals surface area contributed by atoms with E-state index < -0.39 is 0 Å². The van der Waals surface area contributed by atoms with Gasteiger partial charge in [-0.2, -0.15) is 0 Å². The van der Waals surface area contributed by atoms with Crippen molar-refractivity contribution in [1.82, 2.24) is 10.1 Å². The van der Waals surface area contributed by atoms with Crippen LogP contribution in [-0.2, 0) is 11.3 Å². The Morgan fingerprint density at radius 3 is 2.50 bits per heavy atom. The number of rotatable bonds is 5. The first kappa shape index (κ1) is 18.1. The zero-order valence-corrected chi connectivity index (χ0v) is 15.7. The predicted molar refractivity (Wildman–Crippen MR) is 101 cm³/mol. The van der Waals surface area contributed by atoms with Crippen molar-refractivity contribution in [2.45, 2.75) is 33.2 Å². The number of aromatic nitrogens is 2. The Kier molecular flexibility index (Phi) is 5.38. The van der Waals surface area contributed by atoms with Crippen molar-refractivity contribution in [1.29, 1.82) is 0 Å². The number of aryl methyl sites for hydroxylation is 2. The van der Waals surface area contributed by atoms with Crippen LogP contribution in [-0.4, -0.2) is 16.0 Å². The van der Waals surface area contributed by atoms with Gasteiger partial charge in [0.2, 0.25) is 5.91 Å². The number of carbonyl (C=O) groups excluding carboxylic acids is 1. The second-order valence-electron chi connectivity index (χ2n) is 6.18. The van der Waals surface area contributed by atoms with Crippen LogP contribution in [0.15, 0.2) is 53.2 Å². The number of pyridine rings is 1. The van der Waals surface area contributed by atoms with E-state index in [1.54, 1.807) is 23.2 Å². The van der Waals surface area contributed by atoms with Gasteiger partial charge in [0.05, 0.1) is 23.9 Å². The minimum Gasteiger partial charge on any atom is -0.361 e. The lowest BCUT2D eigenvalue weighted by atomic mass is 9.97. The average Bonchev–Trinajstić information content (AvgIpc) is 2.99. The minimum absolute atomic E-state index is 0.0487. The lowest BCUT2D eigenvalue weighted by Crippen LogP contribution is -2.34. The molecule has 134 valence electrons. The van der Waals surface area contributed by atoms with Gasteiger partial charge in [-0.05, 0) is 57.2 Å². The van der Waals surface area contributed by atoms with Crippen LogP contribution in [0.4, 0.5) is 5.69 Å². The number of nitrogens with zero attached hydrogens (tertiary/aromatic N) is 3. The Hall–Kier alpha value is -2.66. The van der Waals surface area contributed by atoms with Crippen LogP contribution in [0.25, 0.3) is 0 Å². The summed E-state index contributed by atoms with van der Waals surface area (Å²) in [5.41, 5.74) is 3.14. The molecule has 2 heterocycles. The van der Waals surface area contributed by atoms with Crippen LogP contribution >= 0.6 is 11.6 Å². The molecule has 0 unspecified atom stereocenters. The molecule has 0 saturated carbocycles. The van der Waals surface area contributed by atoms with E-state index in [1.807, 2.05) is 51.1 Å². The molecule has 0 fully saturated rings. The smallest absolute Gasteiger partial charge is 0.234 e. The third-order valence-corrected chi connectivity index (χ3v) is 4.59. The summed E-state index contributed by atoms with van der Waals surface area (Å²) >= 11 is 6.01. The summed E-state index contributed by atoms with van der Waals surface area (Å²) < 4.78 is 5.24. The number of benzene rings is 1. The van der Waals surface area contributed by atoms with Gasteiger partial charge >= 0.3 is 0 Å². The summed E-state index contributed by atoms with van der Waals surface area (Å²) in [6.45, 7) is 5.91. The number of halogens is 1. The van der Waals surface area contributed by atoms with Gasteiger partial charge in [-0.3, -0.25) is 9.78 Å². The van der Waals surface area contributed by atoms with Crippen LogP contribution in [0.1, 0.15) is 35.6 Å². The fourth-order valence-electron chi connectivity index (χ4n) is 3.04. The van der Waals surface area contributed by atoms with Gasteiger partial charge in [0.1, 0.15) is 5.76 Å². The van der Waals surface area contributed by atoms with Crippen LogP contribution in [0.5, 0.6) is 0 Å². The highest BCUT2D eigenvalue weighted by Crippen LogP contribution is 2.28. The van der Waals surface area contributed by atoms with E-state index in [0.717, 1.165) is 22.6 Å². The molecule has 6 heteroatoms. The van der Waals surface area contributed by atoms with Gasteiger partial charge in [-0.1, -0.05) is 22.8 Å². The Balaban J connectivity index is 1.96. The highest BCUT2D eigenvalue weighted by Gasteiger charge is 2.28. The maximum absolute atomic E-state index is 13.3. The molecule has 2 aromatic heterocycles. The number of carbonyl (C=O) groups is 1. The molecular formula is C20H20ClN3O2. The second-order valence-corrected chi connectivity index (χ2v) is 6.62. The molecule has 0 N–H and O–H groups in total. The number of amides is 1. The summed E-state index contributed by atoms with van der Waals surface area (Å²) in [6.07, 6.45) is 1.72. The van der Waals surface area contributed by atoms with Crippen molar-refractivity contribution >= 4 is 23.2 Å². The SMILES string of the molecule is Cc1noc(C)c1[C@@H](C)C(=O)N(Cc1ccccn1)c1ccc(Cl)cc1. The lowest BCUT2D eigenvalue weighted by molar-refractivity contribution is -0.119. The molecule has 1 atom stereocenters.